The van der Waals surface area contributed by atoms with Gasteiger partial charge in [0.15, 0.2) is 0 Å². The molecule has 1 fully saturated rings. The lowest BCUT2D eigenvalue weighted by Crippen LogP contribution is -2.25. The summed E-state index contributed by atoms with van der Waals surface area (Å²) >= 11 is 0. The van der Waals surface area contributed by atoms with Crippen molar-refractivity contribution in [3.63, 3.8) is 0 Å². The summed E-state index contributed by atoms with van der Waals surface area (Å²) in [7, 11) is 0. The van der Waals surface area contributed by atoms with Gasteiger partial charge in [-0.1, -0.05) is 23.8 Å². The van der Waals surface area contributed by atoms with E-state index in [1.807, 2.05) is 4.90 Å². The second-order valence-corrected chi connectivity index (χ2v) is 4.96. The van der Waals surface area contributed by atoms with Crippen LogP contribution in [0.25, 0.3) is 0 Å². The number of rotatable bonds is 3. The Bertz CT molecular complexity index is 428. The molecule has 1 aromatic carbocycles. The van der Waals surface area contributed by atoms with Crippen molar-refractivity contribution >= 4 is 5.91 Å². The first kappa shape index (κ1) is 12.1. The fraction of sp³-hybridized carbons (Fsp3) is 0.500. The molecule has 2 rings (SSSR count). The molecular formula is C14H19NO2. The summed E-state index contributed by atoms with van der Waals surface area (Å²) in [6.07, 6.45) is 0.488. The minimum atomic E-state index is 0.106. The van der Waals surface area contributed by atoms with Gasteiger partial charge in [-0.25, -0.2) is 0 Å². The molecule has 1 aliphatic rings. The fourth-order valence-electron chi connectivity index (χ4n) is 2.36. The van der Waals surface area contributed by atoms with Crippen molar-refractivity contribution in [2.24, 2.45) is 5.92 Å². The summed E-state index contributed by atoms with van der Waals surface area (Å²) in [5, 5.41) is 9.08. The molecule has 0 radical (unpaired) electrons. The summed E-state index contributed by atoms with van der Waals surface area (Å²) < 4.78 is 0. The lowest BCUT2D eigenvalue weighted by molar-refractivity contribution is -0.128. The van der Waals surface area contributed by atoms with Crippen molar-refractivity contribution < 1.29 is 9.90 Å². The van der Waals surface area contributed by atoms with Crippen molar-refractivity contribution in [2.75, 3.05) is 13.2 Å². The number of aryl methyl sites for hydroxylation is 2. The monoisotopic (exact) mass is 233 g/mol. The highest BCUT2D eigenvalue weighted by molar-refractivity contribution is 5.78. The van der Waals surface area contributed by atoms with Gasteiger partial charge in [0.05, 0.1) is 0 Å². The second-order valence-electron chi connectivity index (χ2n) is 4.96. The van der Waals surface area contributed by atoms with Crippen LogP contribution in [0.2, 0.25) is 0 Å². The maximum Gasteiger partial charge on any atom is 0.223 e. The smallest absolute Gasteiger partial charge is 0.223 e. The number of hydrogen-bond acceptors (Lipinski definition) is 2. The lowest BCUT2D eigenvalue weighted by Gasteiger charge is -2.18. The number of likely N-dealkylation sites (tertiary alicyclic amines) is 1. The Hall–Kier alpha value is -1.35. The van der Waals surface area contributed by atoms with Gasteiger partial charge >= 0.3 is 0 Å². The van der Waals surface area contributed by atoms with Crippen molar-refractivity contribution in [1.29, 1.82) is 0 Å². The summed E-state index contributed by atoms with van der Waals surface area (Å²) in [4.78, 5) is 13.6. The van der Waals surface area contributed by atoms with Crippen molar-refractivity contribution in [2.45, 2.75) is 26.8 Å². The molecule has 1 unspecified atom stereocenters. The molecule has 0 spiro atoms. The molecule has 1 aromatic rings. The minimum Gasteiger partial charge on any atom is -0.396 e. The van der Waals surface area contributed by atoms with Crippen molar-refractivity contribution in [3.8, 4) is 0 Å². The Kier molecular flexibility index (Phi) is 3.48. The van der Waals surface area contributed by atoms with Gasteiger partial charge in [0.2, 0.25) is 5.91 Å². The summed E-state index contributed by atoms with van der Waals surface area (Å²) in [5.74, 6) is 0.275. The van der Waals surface area contributed by atoms with Crippen molar-refractivity contribution in [3.05, 3.63) is 34.9 Å². The predicted octanol–water partition coefficient (Wildman–Crippen LogP) is 1.64. The zero-order valence-corrected chi connectivity index (χ0v) is 10.4. The van der Waals surface area contributed by atoms with E-state index in [1.54, 1.807) is 0 Å². The highest BCUT2D eigenvalue weighted by atomic mass is 16.3. The Labute approximate surface area is 102 Å². The van der Waals surface area contributed by atoms with Gasteiger partial charge in [-0.3, -0.25) is 4.79 Å². The van der Waals surface area contributed by atoms with E-state index in [-0.39, 0.29) is 18.4 Å². The number of benzene rings is 1. The van der Waals surface area contributed by atoms with Gasteiger partial charge in [-0.2, -0.15) is 0 Å². The summed E-state index contributed by atoms with van der Waals surface area (Å²) in [6.45, 7) is 5.60. The van der Waals surface area contributed by atoms with Gasteiger partial charge in [-0.15, -0.1) is 0 Å². The van der Waals surface area contributed by atoms with E-state index in [2.05, 4.69) is 32.0 Å². The van der Waals surface area contributed by atoms with Crippen LogP contribution >= 0.6 is 0 Å². The number of aliphatic hydroxyl groups excluding tert-OH is 1. The maximum atomic E-state index is 11.7. The number of amides is 1. The minimum absolute atomic E-state index is 0.106. The Morgan fingerprint density at radius 1 is 1.41 bits per heavy atom. The van der Waals surface area contributed by atoms with E-state index >= 15 is 0 Å². The van der Waals surface area contributed by atoms with Crippen LogP contribution in [0.1, 0.15) is 23.1 Å². The molecule has 17 heavy (non-hydrogen) atoms. The normalized spacial score (nSPS) is 20.1. The Balaban J connectivity index is 2.08. The molecule has 0 aromatic heterocycles. The molecule has 1 atom stereocenters. The largest absolute Gasteiger partial charge is 0.396 e. The van der Waals surface area contributed by atoms with Gasteiger partial charge < -0.3 is 10.0 Å². The van der Waals surface area contributed by atoms with Gasteiger partial charge in [0.1, 0.15) is 0 Å². The molecular weight excluding hydrogens is 214 g/mol. The molecule has 3 nitrogen and oxygen atoms in total. The number of carbonyl (C=O) groups excluding carboxylic acids is 1. The first-order valence-corrected chi connectivity index (χ1v) is 6.05. The number of nitrogens with zero attached hydrogens (tertiary/aromatic N) is 1. The molecule has 0 saturated carbocycles. The molecule has 0 bridgehead atoms. The fourth-order valence-corrected chi connectivity index (χ4v) is 2.36. The topological polar surface area (TPSA) is 40.5 Å². The molecule has 92 valence electrons. The molecule has 1 amide bonds. The average Bonchev–Trinajstić information content (AvgIpc) is 2.64. The van der Waals surface area contributed by atoms with Crippen LogP contribution in [0.15, 0.2) is 18.2 Å². The van der Waals surface area contributed by atoms with E-state index in [0.29, 0.717) is 19.5 Å². The Morgan fingerprint density at radius 3 is 2.76 bits per heavy atom. The van der Waals surface area contributed by atoms with E-state index < -0.39 is 0 Å². The maximum absolute atomic E-state index is 11.7. The van der Waals surface area contributed by atoms with E-state index in [9.17, 15) is 4.79 Å². The second kappa shape index (κ2) is 4.88. The highest BCUT2D eigenvalue weighted by Gasteiger charge is 2.28. The van der Waals surface area contributed by atoms with Crippen LogP contribution in [0.5, 0.6) is 0 Å². The van der Waals surface area contributed by atoms with Crippen LogP contribution < -0.4 is 0 Å². The molecule has 1 saturated heterocycles. The lowest BCUT2D eigenvalue weighted by atomic mass is 10.1. The van der Waals surface area contributed by atoms with Gasteiger partial charge in [0.25, 0.3) is 0 Å². The number of aliphatic hydroxyl groups is 1. The van der Waals surface area contributed by atoms with Gasteiger partial charge in [0, 0.05) is 32.0 Å². The molecule has 0 aliphatic carbocycles. The zero-order chi connectivity index (χ0) is 12.4. The van der Waals surface area contributed by atoms with E-state index in [0.717, 1.165) is 0 Å². The first-order valence-electron chi connectivity index (χ1n) is 6.05. The van der Waals surface area contributed by atoms with Crippen LogP contribution in [0, 0.1) is 19.8 Å². The highest BCUT2D eigenvalue weighted by Crippen LogP contribution is 2.21. The van der Waals surface area contributed by atoms with E-state index in [1.165, 1.54) is 16.7 Å². The summed E-state index contributed by atoms with van der Waals surface area (Å²) in [5.41, 5.74) is 3.67. The SMILES string of the molecule is Cc1ccc(CN2CC(CO)CC2=O)c(C)c1. The quantitative estimate of drug-likeness (QED) is 0.862. The molecule has 3 heteroatoms. The van der Waals surface area contributed by atoms with Crippen LogP contribution in [0.4, 0.5) is 0 Å². The van der Waals surface area contributed by atoms with Crippen LogP contribution in [-0.4, -0.2) is 29.1 Å². The summed E-state index contributed by atoms with van der Waals surface area (Å²) in [6, 6.07) is 6.30. The third-order valence-electron chi connectivity index (χ3n) is 3.41. The van der Waals surface area contributed by atoms with Crippen LogP contribution in [0.3, 0.4) is 0 Å². The zero-order valence-electron chi connectivity index (χ0n) is 10.4. The number of hydrogen-bond donors (Lipinski definition) is 1. The van der Waals surface area contributed by atoms with Crippen LogP contribution in [-0.2, 0) is 11.3 Å². The van der Waals surface area contributed by atoms with Gasteiger partial charge in [-0.05, 0) is 25.0 Å². The third kappa shape index (κ3) is 2.67. The first-order chi connectivity index (χ1) is 8.10. The molecule has 1 aliphatic heterocycles. The van der Waals surface area contributed by atoms with E-state index in [4.69, 9.17) is 5.11 Å². The molecule has 1 heterocycles. The van der Waals surface area contributed by atoms with Crippen molar-refractivity contribution in [1.82, 2.24) is 4.90 Å². The number of carbonyl (C=O) groups is 1. The predicted molar refractivity (Wildman–Crippen MR) is 66.5 cm³/mol. The molecule has 1 N–H and O–H groups in total. The average molecular weight is 233 g/mol. The third-order valence-corrected chi connectivity index (χ3v) is 3.41. The standard InChI is InChI=1S/C14H19NO2/c1-10-3-4-13(11(2)5-10)8-15-7-12(9-16)6-14(15)17/h3-5,12,16H,6-9H2,1-2H3. The Morgan fingerprint density at radius 2 is 2.18 bits per heavy atom.